The van der Waals surface area contributed by atoms with Gasteiger partial charge in [-0.05, 0) is 37.1 Å². The first kappa shape index (κ1) is 14.5. The maximum atomic E-state index is 14.0. The fraction of sp³-hybridized carbons (Fsp3) is 0.294. The number of anilines is 1. The highest BCUT2D eigenvalue weighted by Crippen LogP contribution is 2.22. The first-order valence-corrected chi connectivity index (χ1v) is 6.77. The number of halogens is 1. The normalized spacial score (nSPS) is 10.7. The number of rotatable bonds is 4. The Balaban J connectivity index is 2.21. The average molecular weight is 272 g/mol. The van der Waals surface area contributed by atoms with E-state index in [2.05, 4.69) is 36.9 Å². The van der Waals surface area contributed by atoms with Crippen molar-refractivity contribution in [3.05, 3.63) is 64.5 Å². The fourth-order valence-electron chi connectivity index (χ4n) is 2.42. The molecule has 0 amide bonds. The second kappa shape index (κ2) is 6.06. The molecule has 20 heavy (non-hydrogen) atoms. The van der Waals surface area contributed by atoms with Crippen LogP contribution in [-0.2, 0) is 13.1 Å². The lowest BCUT2D eigenvalue weighted by Crippen LogP contribution is -2.18. The monoisotopic (exact) mass is 272 g/mol. The van der Waals surface area contributed by atoms with Crippen molar-refractivity contribution in [2.24, 2.45) is 5.73 Å². The number of hydrogen-bond donors (Lipinski definition) is 1. The number of aryl methyl sites for hydroxylation is 2. The largest absolute Gasteiger partial charge is 0.370 e. The van der Waals surface area contributed by atoms with E-state index in [1.165, 1.54) is 17.2 Å². The first-order chi connectivity index (χ1) is 9.51. The van der Waals surface area contributed by atoms with Crippen LogP contribution in [0.25, 0.3) is 0 Å². The average Bonchev–Trinajstić information content (AvgIpc) is 2.40. The minimum Gasteiger partial charge on any atom is -0.370 e. The van der Waals surface area contributed by atoms with Gasteiger partial charge >= 0.3 is 0 Å². The number of hydrogen-bond acceptors (Lipinski definition) is 2. The van der Waals surface area contributed by atoms with Gasteiger partial charge in [-0.15, -0.1) is 0 Å². The lowest BCUT2D eigenvalue weighted by atomic mass is 10.1. The second-order valence-electron chi connectivity index (χ2n) is 5.28. The summed E-state index contributed by atoms with van der Waals surface area (Å²) in [4.78, 5) is 2.06. The highest BCUT2D eigenvalue weighted by molar-refractivity contribution is 5.54. The molecule has 0 aliphatic rings. The summed E-state index contributed by atoms with van der Waals surface area (Å²) in [6, 6.07) is 11.5. The van der Waals surface area contributed by atoms with Gasteiger partial charge in [0.1, 0.15) is 5.82 Å². The van der Waals surface area contributed by atoms with E-state index in [1.54, 1.807) is 0 Å². The summed E-state index contributed by atoms with van der Waals surface area (Å²) >= 11 is 0. The van der Waals surface area contributed by atoms with E-state index in [9.17, 15) is 4.39 Å². The zero-order valence-corrected chi connectivity index (χ0v) is 12.3. The third-order valence-electron chi connectivity index (χ3n) is 3.52. The summed E-state index contributed by atoms with van der Waals surface area (Å²) in [7, 11) is 1.98. The summed E-state index contributed by atoms with van der Waals surface area (Å²) in [6.45, 7) is 5.05. The summed E-state index contributed by atoms with van der Waals surface area (Å²) in [6.07, 6.45) is 0. The van der Waals surface area contributed by atoms with Crippen LogP contribution in [0, 0.1) is 19.7 Å². The Morgan fingerprint density at radius 1 is 1.10 bits per heavy atom. The van der Waals surface area contributed by atoms with Crippen LogP contribution in [-0.4, -0.2) is 7.05 Å². The van der Waals surface area contributed by atoms with Crippen molar-refractivity contribution < 1.29 is 4.39 Å². The topological polar surface area (TPSA) is 29.3 Å². The minimum atomic E-state index is -0.190. The molecule has 0 unspecified atom stereocenters. The van der Waals surface area contributed by atoms with Gasteiger partial charge in [0.2, 0.25) is 0 Å². The molecule has 2 aromatic carbocycles. The van der Waals surface area contributed by atoms with Crippen LogP contribution in [0.2, 0.25) is 0 Å². The van der Waals surface area contributed by atoms with E-state index in [1.807, 2.05) is 19.2 Å². The van der Waals surface area contributed by atoms with Gasteiger partial charge in [-0.1, -0.05) is 29.8 Å². The lowest BCUT2D eigenvalue weighted by Gasteiger charge is -2.22. The van der Waals surface area contributed by atoms with Crippen molar-refractivity contribution in [3.63, 3.8) is 0 Å². The molecule has 0 heterocycles. The Hall–Kier alpha value is -1.87. The van der Waals surface area contributed by atoms with Gasteiger partial charge in [0.05, 0.1) is 0 Å². The Kier molecular flexibility index (Phi) is 4.40. The van der Waals surface area contributed by atoms with Crippen LogP contribution in [0.15, 0.2) is 36.4 Å². The molecule has 0 aliphatic heterocycles. The van der Waals surface area contributed by atoms with Crippen LogP contribution in [0.5, 0.6) is 0 Å². The Bertz CT molecular complexity index is 608. The van der Waals surface area contributed by atoms with Gasteiger partial charge < -0.3 is 10.6 Å². The lowest BCUT2D eigenvalue weighted by molar-refractivity contribution is 0.605. The third-order valence-corrected chi connectivity index (χ3v) is 3.52. The van der Waals surface area contributed by atoms with Crippen molar-refractivity contribution >= 4 is 5.69 Å². The Labute approximate surface area is 120 Å². The second-order valence-corrected chi connectivity index (χ2v) is 5.28. The molecule has 3 heteroatoms. The molecule has 0 radical (unpaired) electrons. The van der Waals surface area contributed by atoms with E-state index in [0.717, 1.165) is 11.3 Å². The molecule has 2 rings (SSSR count). The van der Waals surface area contributed by atoms with Crippen LogP contribution in [0.3, 0.4) is 0 Å². The van der Waals surface area contributed by atoms with E-state index in [4.69, 9.17) is 5.73 Å². The standard InChI is InChI=1S/C17H21FN2/c1-12-4-7-17(13(2)8-12)20(3)11-15-6-5-14(10-19)9-16(15)18/h4-9H,10-11,19H2,1-3H3. The summed E-state index contributed by atoms with van der Waals surface area (Å²) in [5.74, 6) is -0.190. The van der Waals surface area contributed by atoms with E-state index < -0.39 is 0 Å². The molecule has 106 valence electrons. The molecule has 0 saturated carbocycles. The number of nitrogens with zero attached hydrogens (tertiary/aromatic N) is 1. The van der Waals surface area contributed by atoms with Crippen LogP contribution < -0.4 is 10.6 Å². The number of benzene rings is 2. The molecule has 0 spiro atoms. The third kappa shape index (κ3) is 3.17. The Morgan fingerprint density at radius 2 is 1.85 bits per heavy atom. The van der Waals surface area contributed by atoms with Gasteiger partial charge in [0.25, 0.3) is 0 Å². The molecule has 2 aromatic rings. The van der Waals surface area contributed by atoms with E-state index in [-0.39, 0.29) is 5.82 Å². The maximum absolute atomic E-state index is 14.0. The van der Waals surface area contributed by atoms with Crippen molar-refractivity contribution in [3.8, 4) is 0 Å². The van der Waals surface area contributed by atoms with Crippen molar-refractivity contribution in [2.45, 2.75) is 26.9 Å². The van der Waals surface area contributed by atoms with Crippen LogP contribution in [0.4, 0.5) is 10.1 Å². The van der Waals surface area contributed by atoms with E-state index >= 15 is 0 Å². The molecule has 0 bridgehead atoms. The maximum Gasteiger partial charge on any atom is 0.128 e. The van der Waals surface area contributed by atoms with Crippen LogP contribution >= 0.6 is 0 Å². The van der Waals surface area contributed by atoms with Crippen molar-refractivity contribution in [1.82, 2.24) is 0 Å². The summed E-state index contributed by atoms with van der Waals surface area (Å²) in [5.41, 5.74) is 10.6. The molecule has 0 saturated heterocycles. The highest BCUT2D eigenvalue weighted by atomic mass is 19.1. The molecule has 0 fully saturated rings. The van der Waals surface area contributed by atoms with Crippen molar-refractivity contribution in [1.29, 1.82) is 0 Å². The SMILES string of the molecule is Cc1ccc(N(C)Cc2ccc(CN)cc2F)c(C)c1. The van der Waals surface area contributed by atoms with E-state index in [0.29, 0.717) is 18.7 Å². The summed E-state index contributed by atoms with van der Waals surface area (Å²) < 4.78 is 14.0. The fourth-order valence-corrected chi connectivity index (χ4v) is 2.42. The molecular formula is C17H21FN2. The highest BCUT2D eigenvalue weighted by Gasteiger charge is 2.09. The van der Waals surface area contributed by atoms with Gasteiger partial charge in [0.15, 0.2) is 0 Å². The molecule has 0 aromatic heterocycles. The molecule has 2 nitrogen and oxygen atoms in total. The molecule has 2 N–H and O–H groups in total. The molecule has 0 aliphatic carbocycles. The zero-order valence-electron chi connectivity index (χ0n) is 12.3. The van der Waals surface area contributed by atoms with Crippen LogP contribution in [0.1, 0.15) is 22.3 Å². The van der Waals surface area contributed by atoms with Gasteiger partial charge in [0, 0.05) is 31.4 Å². The van der Waals surface area contributed by atoms with Gasteiger partial charge in [-0.3, -0.25) is 0 Å². The van der Waals surface area contributed by atoms with Gasteiger partial charge in [-0.2, -0.15) is 0 Å². The predicted molar refractivity (Wildman–Crippen MR) is 82.3 cm³/mol. The smallest absolute Gasteiger partial charge is 0.128 e. The predicted octanol–water partition coefficient (Wildman–Crippen LogP) is 3.54. The minimum absolute atomic E-state index is 0.190. The molecule has 0 atom stereocenters. The zero-order chi connectivity index (χ0) is 14.7. The molecular weight excluding hydrogens is 251 g/mol. The van der Waals surface area contributed by atoms with Crippen molar-refractivity contribution in [2.75, 3.05) is 11.9 Å². The van der Waals surface area contributed by atoms with Gasteiger partial charge in [-0.25, -0.2) is 4.39 Å². The summed E-state index contributed by atoms with van der Waals surface area (Å²) in [5, 5.41) is 0. The number of nitrogens with two attached hydrogens (primary N) is 1. The quantitative estimate of drug-likeness (QED) is 0.922. The Morgan fingerprint density at radius 3 is 2.45 bits per heavy atom. The first-order valence-electron chi connectivity index (χ1n) is 6.77.